The van der Waals surface area contributed by atoms with Gasteiger partial charge in [-0.15, -0.1) is 0 Å². The topological polar surface area (TPSA) is 64.1 Å². The Hall–Kier alpha value is -1.93. The van der Waals surface area contributed by atoms with Crippen LogP contribution in [0.5, 0.6) is 5.75 Å². The van der Waals surface area contributed by atoms with Gasteiger partial charge in [0.1, 0.15) is 5.75 Å². The average molecular weight is 359 g/mol. The van der Waals surface area contributed by atoms with Crippen molar-refractivity contribution in [3.8, 4) is 5.75 Å². The number of aliphatic imine (C=N–C) groups is 1. The molecule has 0 fully saturated rings. The van der Waals surface area contributed by atoms with E-state index < -0.39 is 6.61 Å². The lowest BCUT2D eigenvalue weighted by atomic mass is 10.2. The van der Waals surface area contributed by atoms with E-state index in [-0.39, 0.29) is 5.75 Å². The highest BCUT2D eigenvalue weighted by Gasteiger charge is 2.04. The molecule has 0 radical (unpaired) electrons. The van der Waals surface area contributed by atoms with Gasteiger partial charge in [0, 0.05) is 26.8 Å². The molecule has 1 aromatic rings. The standard InChI is InChI=1S/C17H27F2N3O3/c1-3-20-17(21-8-5-9-24-11-10-23-2)22-13-14-6-4-7-15(12-14)25-16(18)19/h4,6-7,12,16H,3,5,8-11,13H2,1-2H3,(H2,20,21,22). The minimum Gasteiger partial charge on any atom is -0.435 e. The van der Waals surface area contributed by atoms with E-state index in [4.69, 9.17) is 9.47 Å². The van der Waals surface area contributed by atoms with E-state index in [1.807, 2.05) is 13.0 Å². The van der Waals surface area contributed by atoms with Crippen LogP contribution in [0.2, 0.25) is 0 Å². The molecule has 0 unspecified atom stereocenters. The molecule has 0 saturated heterocycles. The van der Waals surface area contributed by atoms with Crippen molar-refractivity contribution in [1.82, 2.24) is 10.6 Å². The smallest absolute Gasteiger partial charge is 0.387 e. The van der Waals surface area contributed by atoms with E-state index in [1.165, 1.54) is 6.07 Å². The van der Waals surface area contributed by atoms with Crippen LogP contribution in [0.15, 0.2) is 29.3 Å². The van der Waals surface area contributed by atoms with Gasteiger partial charge in [-0.25, -0.2) is 4.99 Å². The van der Waals surface area contributed by atoms with Gasteiger partial charge in [0.15, 0.2) is 5.96 Å². The molecule has 1 rings (SSSR count). The summed E-state index contributed by atoms with van der Waals surface area (Å²) in [6.45, 7) is 2.76. The first-order valence-corrected chi connectivity index (χ1v) is 8.28. The van der Waals surface area contributed by atoms with Gasteiger partial charge in [0.25, 0.3) is 0 Å². The summed E-state index contributed by atoms with van der Waals surface area (Å²) >= 11 is 0. The van der Waals surface area contributed by atoms with Crippen LogP contribution >= 0.6 is 0 Å². The summed E-state index contributed by atoms with van der Waals surface area (Å²) in [5, 5.41) is 6.34. The Balaban J connectivity index is 2.41. The predicted molar refractivity (Wildman–Crippen MR) is 93.2 cm³/mol. The van der Waals surface area contributed by atoms with Crippen LogP contribution in [0.25, 0.3) is 0 Å². The van der Waals surface area contributed by atoms with Gasteiger partial charge >= 0.3 is 6.61 Å². The second-order valence-corrected chi connectivity index (χ2v) is 5.11. The summed E-state index contributed by atoms with van der Waals surface area (Å²) in [7, 11) is 1.64. The summed E-state index contributed by atoms with van der Waals surface area (Å²) in [5.74, 6) is 0.799. The molecule has 0 aliphatic carbocycles. The SMILES string of the molecule is CCNC(=NCc1cccc(OC(F)F)c1)NCCCOCCOC. The van der Waals surface area contributed by atoms with Crippen molar-refractivity contribution in [3.05, 3.63) is 29.8 Å². The van der Waals surface area contributed by atoms with E-state index >= 15 is 0 Å². The van der Waals surface area contributed by atoms with Gasteiger partial charge in [0.2, 0.25) is 0 Å². The van der Waals surface area contributed by atoms with Crippen molar-refractivity contribution in [3.63, 3.8) is 0 Å². The number of halogens is 2. The predicted octanol–water partition coefficient (Wildman–Crippen LogP) is 2.40. The van der Waals surface area contributed by atoms with Gasteiger partial charge in [-0.3, -0.25) is 0 Å². The summed E-state index contributed by atoms with van der Waals surface area (Å²) in [4.78, 5) is 4.44. The van der Waals surface area contributed by atoms with Crippen molar-refractivity contribution in [2.75, 3.05) is 40.0 Å². The molecule has 142 valence electrons. The number of ether oxygens (including phenoxy) is 3. The van der Waals surface area contributed by atoms with Crippen molar-refractivity contribution in [1.29, 1.82) is 0 Å². The molecule has 0 aliphatic heterocycles. The normalized spacial score (nSPS) is 11.6. The number of guanidine groups is 1. The van der Waals surface area contributed by atoms with Crippen molar-refractivity contribution in [2.45, 2.75) is 26.5 Å². The highest BCUT2D eigenvalue weighted by atomic mass is 19.3. The Morgan fingerprint density at radius 2 is 2.04 bits per heavy atom. The van der Waals surface area contributed by atoms with E-state index in [0.29, 0.717) is 38.9 Å². The number of nitrogens with one attached hydrogen (secondary N) is 2. The first kappa shape index (κ1) is 21.1. The number of hydrogen-bond donors (Lipinski definition) is 2. The molecule has 0 aromatic heterocycles. The maximum absolute atomic E-state index is 12.3. The molecule has 0 saturated carbocycles. The summed E-state index contributed by atoms with van der Waals surface area (Å²) < 4.78 is 39.2. The van der Waals surface area contributed by atoms with Crippen LogP contribution in [0, 0.1) is 0 Å². The number of methoxy groups -OCH3 is 1. The number of nitrogens with zero attached hydrogens (tertiary/aromatic N) is 1. The van der Waals surface area contributed by atoms with E-state index in [0.717, 1.165) is 18.5 Å². The molecule has 0 amide bonds. The third-order valence-electron chi connectivity index (χ3n) is 3.08. The maximum atomic E-state index is 12.3. The summed E-state index contributed by atoms with van der Waals surface area (Å²) in [6, 6.07) is 6.53. The highest BCUT2D eigenvalue weighted by molar-refractivity contribution is 5.79. The van der Waals surface area contributed by atoms with Gasteiger partial charge in [-0.05, 0) is 31.0 Å². The number of benzene rings is 1. The minimum absolute atomic E-state index is 0.133. The second-order valence-electron chi connectivity index (χ2n) is 5.11. The Morgan fingerprint density at radius 3 is 2.76 bits per heavy atom. The lowest BCUT2D eigenvalue weighted by molar-refractivity contribution is -0.0498. The number of hydrogen-bond acceptors (Lipinski definition) is 4. The molecule has 0 atom stereocenters. The van der Waals surface area contributed by atoms with Crippen LogP contribution in [0.4, 0.5) is 8.78 Å². The zero-order valence-corrected chi connectivity index (χ0v) is 14.8. The zero-order chi connectivity index (χ0) is 18.3. The molecule has 0 bridgehead atoms. The summed E-state index contributed by atoms with van der Waals surface area (Å²) in [6.07, 6.45) is 0.839. The number of alkyl halides is 2. The van der Waals surface area contributed by atoms with E-state index in [9.17, 15) is 8.78 Å². The Bertz CT molecular complexity index is 502. The lowest BCUT2D eigenvalue weighted by Crippen LogP contribution is -2.38. The van der Waals surface area contributed by atoms with Gasteiger partial charge in [-0.1, -0.05) is 12.1 Å². The Morgan fingerprint density at radius 1 is 1.20 bits per heavy atom. The molecule has 0 aliphatic rings. The van der Waals surface area contributed by atoms with Gasteiger partial charge in [-0.2, -0.15) is 8.78 Å². The zero-order valence-electron chi connectivity index (χ0n) is 14.8. The van der Waals surface area contributed by atoms with Crippen molar-refractivity contribution in [2.24, 2.45) is 4.99 Å². The fourth-order valence-corrected chi connectivity index (χ4v) is 1.96. The fraction of sp³-hybridized carbons (Fsp3) is 0.588. The van der Waals surface area contributed by atoms with Crippen LogP contribution < -0.4 is 15.4 Å². The maximum Gasteiger partial charge on any atom is 0.387 e. The van der Waals surface area contributed by atoms with Crippen molar-refractivity contribution >= 4 is 5.96 Å². The molecule has 1 aromatic carbocycles. The molecule has 0 heterocycles. The average Bonchev–Trinajstić information content (AvgIpc) is 2.58. The van der Waals surface area contributed by atoms with Gasteiger partial charge < -0.3 is 24.8 Å². The largest absolute Gasteiger partial charge is 0.435 e. The van der Waals surface area contributed by atoms with Crippen LogP contribution in [-0.4, -0.2) is 52.6 Å². The Labute approximate surface area is 147 Å². The third kappa shape index (κ3) is 10.5. The van der Waals surface area contributed by atoms with E-state index in [2.05, 4.69) is 20.4 Å². The molecular weight excluding hydrogens is 332 g/mol. The minimum atomic E-state index is -2.83. The Kier molecular flexibility index (Phi) is 11.3. The molecule has 25 heavy (non-hydrogen) atoms. The summed E-state index contributed by atoms with van der Waals surface area (Å²) in [5.41, 5.74) is 0.790. The van der Waals surface area contributed by atoms with Crippen LogP contribution in [-0.2, 0) is 16.0 Å². The molecule has 8 heteroatoms. The highest BCUT2D eigenvalue weighted by Crippen LogP contribution is 2.16. The fourth-order valence-electron chi connectivity index (χ4n) is 1.96. The number of rotatable bonds is 12. The van der Waals surface area contributed by atoms with Gasteiger partial charge in [0.05, 0.1) is 19.8 Å². The first-order valence-electron chi connectivity index (χ1n) is 8.28. The van der Waals surface area contributed by atoms with E-state index in [1.54, 1.807) is 19.2 Å². The molecule has 6 nitrogen and oxygen atoms in total. The quantitative estimate of drug-likeness (QED) is 0.341. The first-order chi connectivity index (χ1) is 12.2. The van der Waals surface area contributed by atoms with Crippen LogP contribution in [0.1, 0.15) is 18.9 Å². The van der Waals surface area contributed by atoms with Crippen molar-refractivity contribution < 1.29 is 23.0 Å². The lowest BCUT2D eigenvalue weighted by Gasteiger charge is -2.12. The second kappa shape index (κ2) is 13.4. The monoisotopic (exact) mass is 359 g/mol. The molecular formula is C17H27F2N3O3. The molecule has 0 spiro atoms. The molecule has 2 N–H and O–H groups in total. The van der Waals surface area contributed by atoms with Crippen LogP contribution in [0.3, 0.4) is 0 Å². The third-order valence-corrected chi connectivity index (χ3v) is 3.08.